The second-order valence-corrected chi connectivity index (χ2v) is 3.61. The zero-order chi connectivity index (χ0) is 13.1. The molecule has 1 rings (SSSR count). The smallest absolute Gasteiger partial charge is 0.290 e. The predicted octanol–water partition coefficient (Wildman–Crippen LogP) is 3.20. The fourth-order valence-corrected chi connectivity index (χ4v) is 1.37. The van der Waals surface area contributed by atoms with Gasteiger partial charge in [0, 0.05) is 5.56 Å². The van der Waals surface area contributed by atoms with Crippen LogP contribution in [-0.4, -0.2) is 12.7 Å². The maximum absolute atomic E-state index is 13.5. The van der Waals surface area contributed by atoms with Crippen molar-refractivity contribution < 1.29 is 17.6 Å². The van der Waals surface area contributed by atoms with Crippen molar-refractivity contribution in [3.8, 4) is 6.07 Å². The van der Waals surface area contributed by atoms with Crippen LogP contribution in [0.2, 0.25) is 5.02 Å². The van der Waals surface area contributed by atoms with E-state index >= 15 is 0 Å². The lowest BCUT2D eigenvalue weighted by Crippen LogP contribution is -2.31. The average Bonchev–Trinajstić information content (AvgIpc) is 2.23. The zero-order valence-corrected chi connectivity index (χ0v) is 9.11. The first-order chi connectivity index (χ1) is 7.85. The molecule has 1 aromatic rings. The van der Waals surface area contributed by atoms with Crippen molar-refractivity contribution in [2.75, 3.05) is 6.54 Å². The monoisotopic (exact) mass is 266 g/mol. The number of nitrogens with zero attached hydrogens (tertiary/aromatic N) is 1. The van der Waals surface area contributed by atoms with Gasteiger partial charge in [-0.05, 0) is 6.07 Å². The van der Waals surface area contributed by atoms with Crippen LogP contribution in [0.3, 0.4) is 0 Å². The summed E-state index contributed by atoms with van der Waals surface area (Å²) in [6, 6.07) is 3.97. The molecular formula is C10H7ClF4N2. The molecule has 0 bridgehead atoms. The lowest BCUT2D eigenvalue weighted by Gasteiger charge is -2.14. The number of hydrogen-bond acceptors (Lipinski definition) is 2. The molecule has 0 amide bonds. The SMILES string of the molecule is N#CC(NCC(F)(F)F)c1cccc(Cl)c1F. The summed E-state index contributed by atoms with van der Waals surface area (Å²) in [6.07, 6.45) is -4.47. The van der Waals surface area contributed by atoms with Crippen molar-refractivity contribution in [1.29, 1.82) is 5.26 Å². The van der Waals surface area contributed by atoms with Crippen LogP contribution in [0, 0.1) is 17.1 Å². The van der Waals surface area contributed by atoms with Crippen LogP contribution in [0.1, 0.15) is 11.6 Å². The maximum atomic E-state index is 13.5. The fourth-order valence-electron chi connectivity index (χ4n) is 1.19. The quantitative estimate of drug-likeness (QED) is 0.853. The Morgan fingerprint density at radius 2 is 2.06 bits per heavy atom. The molecule has 7 heteroatoms. The van der Waals surface area contributed by atoms with E-state index in [0.29, 0.717) is 0 Å². The van der Waals surface area contributed by atoms with Gasteiger partial charge in [0.1, 0.15) is 11.9 Å². The number of benzene rings is 1. The molecule has 0 aliphatic rings. The number of halogens is 5. The average molecular weight is 267 g/mol. The van der Waals surface area contributed by atoms with Crippen LogP contribution in [0.5, 0.6) is 0 Å². The van der Waals surface area contributed by atoms with E-state index in [4.69, 9.17) is 16.9 Å². The highest BCUT2D eigenvalue weighted by Gasteiger charge is 2.29. The van der Waals surface area contributed by atoms with Crippen molar-refractivity contribution >= 4 is 11.6 Å². The molecule has 0 fully saturated rings. The van der Waals surface area contributed by atoms with Crippen LogP contribution in [0.4, 0.5) is 17.6 Å². The van der Waals surface area contributed by atoms with E-state index in [-0.39, 0.29) is 10.6 Å². The van der Waals surface area contributed by atoms with Crippen LogP contribution < -0.4 is 5.32 Å². The van der Waals surface area contributed by atoms with Gasteiger partial charge in [-0.25, -0.2) is 4.39 Å². The summed E-state index contributed by atoms with van der Waals surface area (Å²) in [6.45, 7) is -1.38. The minimum atomic E-state index is -4.47. The summed E-state index contributed by atoms with van der Waals surface area (Å²) < 4.78 is 49.3. The number of hydrogen-bond donors (Lipinski definition) is 1. The fraction of sp³-hybridized carbons (Fsp3) is 0.300. The molecule has 1 atom stereocenters. The predicted molar refractivity (Wildman–Crippen MR) is 53.8 cm³/mol. The molecule has 0 aliphatic carbocycles. The summed E-state index contributed by atoms with van der Waals surface area (Å²) in [4.78, 5) is 0. The van der Waals surface area contributed by atoms with Gasteiger partial charge < -0.3 is 0 Å². The molecule has 1 unspecified atom stereocenters. The third kappa shape index (κ3) is 3.88. The second-order valence-electron chi connectivity index (χ2n) is 3.20. The molecule has 17 heavy (non-hydrogen) atoms. The van der Waals surface area contributed by atoms with E-state index < -0.39 is 24.6 Å². The summed E-state index contributed by atoms with van der Waals surface area (Å²) in [5, 5.41) is 10.4. The zero-order valence-electron chi connectivity index (χ0n) is 8.35. The first kappa shape index (κ1) is 13.7. The second kappa shape index (κ2) is 5.34. The first-order valence-corrected chi connectivity index (χ1v) is 4.86. The molecular weight excluding hydrogens is 260 g/mol. The van der Waals surface area contributed by atoms with Crippen molar-refractivity contribution in [1.82, 2.24) is 5.32 Å². The Morgan fingerprint density at radius 3 is 2.59 bits per heavy atom. The minimum Gasteiger partial charge on any atom is -0.290 e. The van der Waals surface area contributed by atoms with Gasteiger partial charge in [0.25, 0.3) is 0 Å². The Hall–Kier alpha value is -1.32. The van der Waals surface area contributed by atoms with Gasteiger partial charge in [0.15, 0.2) is 0 Å². The Kier molecular flexibility index (Phi) is 4.32. The highest BCUT2D eigenvalue weighted by Crippen LogP contribution is 2.24. The van der Waals surface area contributed by atoms with Gasteiger partial charge in [0.05, 0.1) is 17.6 Å². The van der Waals surface area contributed by atoms with Gasteiger partial charge in [-0.2, -0.15) is 18.4 Å². The summed E-state index contributed by atoms with van der Waals surface area (Å²) in [5.74, 6) is -0.893. The Labute approximate surface area is 99.8 Å². The summed E-state index contributed by atoms with van der Waals surface area (Å²) >= 11 is 5.47. The van der Waals surface area contributed by atoms with Crippen molar-refractivity contribution in [3.05, 3.63) is 34.6 Å². The molecule has 0 radical (unpaired) electrons. The van der Waals surface area contributed by atoms with E-state index in [1.807, 2.05) is 5.32 Å². The maximum Gasteiger partial charge on any atom is 0.401 e. The molecule has 1 N–H and O–H groups in total. The Morgan fingerprint density at radius 1 is 1.41 bits per heavy atom. The summed E-state index contributed by atoms with van der Waals surface area (Å²) in [5.41, 5.74) is -0.204. The van der Waals surface area contributed by atoms with Crippen molar-refractivity contribution in [2.45, 2.75) is 12.2 Å². The van der Waals surface area contributed by atoms with E-state index in [1.165, 1.54) is 18.2 Å². The van der Waals surface area contributed by atoms with E-state index in [2.05, 4.69) is 0 Å². The molecule has 1 aromatic carbocycles. The third-order valence-electron chi connectivity index (χ3n) is 1.93. The number of nitriles is 1. The van der Waals surface area contributed by atoms with Crippen LogP contribution >= 0.6 is 11.6 Å². The third-order valence-corrected chi connectivity index (χ3v) is 2.22. The van der Waals surface area contributed by atoms with Crippen molar-refractivity contribution in [2.24, 2.45) is 0 Å². The Bertz CT molecular complexity index is 439. The van der Waals surface area contributed by atoms with E-state index in [0.717, 1.165) is 0 Å². The lowest BCUT2D eigenvalue weighted by molar-refractivity contribution is -0.125. The largest absolute Gasteiger partial charge is 0.401 e. The number of alkyl halides is 3. The molecule has 0 heterocycles. The molecule has 0 spiro atoms. The summed E-state index contributed by atoms with van der Waals surface area (Å²) in [7, 11) is 0. The molecule has 0 saturated heterocycles. The molecule has 0 aliphatic heterocycles. The number of nitrogens with one attached hydrogen (secondary N) is 1. The standard InChI is InChI=1S/C10H7ClF4N2/c11-7-3-1-2-6(9(7)12)8(4-16)17-5-10(13,14)15/h1-3,8,17H,5H2. The number of rotatable bonds is 3. The van der Waals surface area contributed by atoms with E-state index in [1.54, 1.807) is 6.07 Å². The van der Waals surface area contributed by atoms with Gasteiger partial charge in [-0.3, -0.25) is 5.32 Å². The topological polar surface area (TPSA) is 35.8 Å². The molecule has 0 aromatic heterocycles. The van der Waals surface area contributed by atoms with E-state index in [9.17, 15) is 17.6 Å². The lowest BCUT2D eigenvalue weighted by atomic mass is 10.1. The van der Waals surface area contributed by atoms with Crippen LogP contribution in [0.25, 0.3) is 0 Å². The van der Waals surface area contributed by atoms with Gasteiger partial charge in [0.2, 0.25) is 0 Å². The Balaban J connectivity index is 2.88. The van der Waals surface area contributed by atoms with Crippen LogP contribution in [-0.2, 0) is 0 Å². The van der Waals surface area contributed by atoms with Gasteiger partial charge in [-0.1, -0.05) is 23.7 Å². The molecule has 2 nitrogen and oxygen atoms in total. The highest BCUT2D eigenvalue weighted by molar-refractivity contribution is 6.30. The van der Waals surface area contributed by atoms with Crippen molar-refractivity contribution in [3.63, 3.8) is 0 Å². The molecule has 92 valence electrons. The van der Waals surface area contributed by atoms with Gasteiger partial charge >= 0.3 is 6.18 Å². The highest BCUT2D eigenvalue weighted by atomic mass is 35.5. The first-order valence-electron chi connectivity index (χ1n) is 4.49. The minimum absolute atomic E-state index is 0.204. The van der Waals surface area contributed by atoms with Gasteiger partial charge in [-0.15, -0.1) is 0 Å². The van der Waals surface area contributed by atoms with Crippen LogP contribution in [0.15, 0.2) is 18.2 Å². The normalized spacial score (nSPS) is 13.2. The molecule has 0 saturated carbocycles.